The van der Waals surface area contributed by atoms with E-state index in [4.69, 9.17) is 0 Å². The minimum absolute atomic E-state index is 0.0151. The van der Waals surface area contributed by atoms with Crippen LogP contribution in [0.1, 0.15) is 18.7 Å². The smallest absolute Gasteiger partial charge is 0.328 e. The van der Waals surface area contributed by atoms with E-state index in [1.807, 2.05) is 23.8 Å². The highest BCUT2D eigenvalue weighted by Gasteiger charge is 2.26. The number of anilines is 1. The largest absolute Gasteiger partial charge is 0.334 e. The first-order chi connectivity index (χ1) is 9.58. The number of urea groups is 1. The van der Waals surface area contributed by atoms with E-state index in [1.165, 1.54) is 0 Å². The third kappa shape index (κ3) is 2.03. The highest BCUT2D eigenvalue weighted by Crippen LogP contribution is 2.30. The average molecular weight is 290 g/mol. The van der Waals surface area contributed by atoms with Gasteiger partial charge in [0.25, 0.3) is 0 Å². The van der Waals surface area contributed by atoms with Crippen molar-refractivity contribution in [2.75, 3.05) is 11.4 Å². The van der Waals surface area contributed by atoms with Crippen LogP contribution in [0.25, 0.3) is 10.9 Å². The third-order valence-corrected chi connectivity index (χ3v) is 3.62. The minimum Gasteiger partial charge on any atom is -0.334 e. The van der Waals surface area contributed by atoms with Crippen molar-refractivity contribution in [1.82, 2.24) is 14.9 Å². The molecule has 0 saturated carbocycles. The molecule has 3 amide bonds. The van der Waals surface area contributed by atoms with E-state index >= 15 is 0 Å². The van der Waals surface area contributed by atoms with E-state index in [0.29, 0.717) is 18.7 Å². The fourth-order valence-corrected chi connectivity index (χ4v) is 2.60. The van der Waals surface area contributed by atoms with E-state index in [0.717, 1.165) is 10.9 Å². The van der Waals surface area contributed by atoms with Crippen molar-refractivity contribution >= 4 is 41.2 Å². The summed E-state index contributed by atoms with van der Waals surface area (Å²) in [5.41, 5.74) is 1.62. The van der Waals surface area contributed by atoms with Gasteiger partial charge in [-0.2, -0.15) is 12.6 Å². The highest BCUT2D eigenvalue weighted by molar-refractivity contribution is 7.80. The third-order valence-electron chi connectivity index (χ3n) is 3.37. The number of nitrogens with one attached hydrogen (secondary N) is 1. The van der Waals surface area contributed by atoms with Gasteiger partial charge in [0.05, 0.1) is 29.0 Å². The number of pyridine rings is 1. The van der Waals surface area contributed by atoms with Crippen LogP contribution in [0.15, 0.2) is 24.7 Å². The van der Waals surface area contributed by atoms with Crippen molar-refractivity contribution in [2.24, 2.45) is 0 Å². The normalized spacial score (nSPS) is 17.4. The Morgan fingerprint density at radius 2 is 2.20 bits per heavy atom. The number of hydrogen-bond donors (Lipinski definition) is 2. The van der Waals surface area contributed by atoms with E-state index < -0.39 is 6.03 Å². The molecule has 1 fully saturated rings. The minimum atomic E-state index is -0.401. The van der Waals surface area contributed by atoms with Gasteiger partial charge < -0.3 is 4.57 Å². The van der Waals surface area contributed by atoms with Gasteiger partial charge in [0, 0.05) is 24.5 Å². The number of fused-ring (bicyclic) bond motifs is 1. The Hall–Kier alpha value is -2.02. The predicted molar refractivity (Wildman–Crippen MR) is 78.9 cm³/mol. The number of imide groups is 1. The summed E-state index contributed by atoms with van der Waals surface area (Å²) in [5.74, 6) is -0.243. The van der Waals surface area contributed by atoms with Crippen molar-refractivity contribution in [2.45, 2.75) is 18.7 Å². The van der Waals surface area contributed by atoms with Crippen LogP contribution in [-0.2, 0) is 4.79 Å². The van der Waals surface area contributed by atoms with Crippen LogP contribution in [0.5, 0.6) is 0 Å². The molecule has 3 heterocycles. The second kappa shape index (κ2) is 4.82. The number of carbonyl (C=O) groups is 2. The SMILES string of the molecule is C[C@@H](S)n1ccc2c(N3CCC(=O)NC3=O)cncc21. The lowest BCUT2D eigenvalue weighted by Gasteiger charge is -2.26. The molecule has 0 bridgehead atoms. The molecule has 3 rings (SSSR count). The summed E-state index contributed by atoms with van der Waals surface area (Å²) in [6, 6.07) is 1.53. The Balaban J connectivity index is 2.08. The van der Waals surface area contributed by atoms with Crippen LogP contribution < -0.4 is 10.2 Å². The Morgan fingerprint density at radius 1 is 1.40 bits per heavy atom. The molecule has 20 heavy (non-hydrogen) atoms. The zero-order valence-electron chi connectivity index (χ0n) is 10.9. The lowest BCUT2D eigenvalue weighted by molar-refractivity contribution is -0.120. The summed E-state index contributed by atoms with van der Waals surface area (Å²) in [4.78, 5) is 28.9. The van der Waals surface area contributed by atoms with Crippen molar-refractivity contribution < 1.29 is 9.59 Å². The lowest BCUT2D eigenvalue weighted by atomic mass is 10.2. The van der Waals surface area contributed by atoms with Crippen LogP contribution >= 0.6 is 12.6 Å². The molecule has 0 unspecified atom stereocenters. The molecule has 1 aliphatic heterocycles. The molecule has 7 heteroatoms. The molecule has 1 aliphatic rings. The van der Waals surface area contributed by atoms with Crippen LogP contribution in [-0.4, -0.2) is 28.0 Å². The molecule has 104 valence electrons. The molecule has 1 saturated heterocycles. The van der Waals surface area contributed by atoms with Gasteiger partial charge in [-0.25, -0.2) is 4.79 Å². The summed E-state index contributed by atoms with van der Waals surface area (Å²) >= 11 is 4.42. The molecular formula is C13H14N4O2S. The summed E-state index contributed by atoms with van der Waals surface area (Å²) in [6.07, 6.45) is 5.61. The van der Waals surface area contributed by atoms with E-state index in [2.05, 4.69) is 22.9 Å². The maximum absolute atomic E-state index is 11.9. The number of rotatable bonds is 2. The molecule has 2 aromatic heterocycles. The molecule has 0 aliphatic carbocycles. The number of thiol groups is 1. The second-order valence-corrected chi connectivity index (χ2v) is 5.45. The Labute approximate surface area is 121 Å². The zero-order chi connectivity index (χ0) is 14.3. The Bertz CT molecular complexity index is 695. The van der Waals surface area contributed by atoms with Gasteiger partial charge in [-0.15, -0.1) is 0 Å². The van der Waals surface area contributed by atoms with Crippen LogP contribution in [0, 0.1) is 0 Å². The van der Waals surface area contributed by atoms with Gasteiger partial charge in [0.15, 0.2) is 0 Å². The fraction of sp³-hybridized carbons (Fsp3) is 0.308. The van der Waals surface area contributed by atoms with Gasteiger partial charge in [0.1, 0.15) is 0 Å². The Kier molecular flexibility index (Phi) is 3.13. The molecule has 0 spiro atoms. The fourth-order valence-electron chi connectivity index (χ4n) is 2.40. The van der Waals surface area contributed by atoms with Gasteiger partial charge in [-0.05, 0) is 13.0 Å². The van der Waals surface area contributed by atoms with Crippen molar-refractivity contribution in [1.29, 1.82) is 0 Å². The first-order valence-corrected chi connectivity index (χ1v) is 6.83. The summed E-state index contributed by atoms with van der Waals surface area (Å²) in [5, 5.41) is 3.26. The quantitative estimate of drug-likeness (QED) is 0.831. The predicted octanol–water partition coefficient (Wildman–Crippen LogP) is 1.93. The first kappa shape index (κ1) is 13.0. The molecular weight excluding hydrogens is 276 g/mol. The number of amides is 3. The summed E-state index contributed by atoms with van der Waals surface area (Å²) in [6.45, 7) is 2.33. The highest BCUT2D eigenvalue weighted by atomic mass is 32.1. The van der Waals surface area contributed by atoms with Crippen LogP contribution in [0.4, 0.5) is 10.5 Å². The van der Waals surface area contributed by atoms with Crippen molar-refractivity contribution in [3.63, 3.8) is 0 Å². The topological polar surface area (TPSA) is 67.2 Å². The monoisotopic (exact) mass is 290 g/mol. The zero-order valence-corrected chi connectivity index (χ0v) is 11.8. The second-order valence-electron chi connectivity index (χ2n) is 4.70. The van der Waals surface area contributed by atoms with Crippen LogP contribution in [0.3, 0.4) is 0 Å². The van der Waals surface area contributed by atoms with Gasteiger partial charge in [-0.3, -0.25) is 20.0 Å². The number of aromatic nitrogens is 2. The van der Waals surface area contributed by atoms with Gasteiger partial charge in [-0.1, -0.05) is 0 Å². The lowest BCUT2D eigenvalue weighted by Crippen LogP contribution is -2.49. The van der Waals surface area contributed by atoms with Gasteiger partial charge in [0.2, 0.25) is 5.91 Å². The standard InChI is InChI=1S/C13H14N4O2S/c1-8(20)16-4-2-9-10(16)6-14-7-11(9)17-5-3-12(18)15-13(17)19/h2,4,6-8,20H,3,5H2,1H3,(H,15,18,19)/t8-/m1/s1. The molecule has 1 atom stereocenters. The number of nitrogens with zero attached hydrogens (tertiary/aromatic N) is 3. The molecule has 0 radical (unpaired) electrons. The Morgan fingerprint density at radius 3 is 2.90 bits per heavy atom. The molecule has 6 nitrogen and oxygen atoms in total. The number of carbonyl (C=O) groups excluding carboxylic acids is 2. The van der Waals surface area contributed by atoms with Crippen molar-refractivity contribution in [3.8, 4) is 0 Å². The summed E-state index contributed by atoms with van der Waals surface area (Å²) in [7, 11) is 0. The van der Waals surface area contributed by atoms with Crippen molar-refractivity contribution in [3.05, 3.63) is 24.7 Å². The van der Waals surface area contributed by atoms with E-state index in [1.54, 1.807) is 17.3 Å². The average Bonchev–Trinajstić information content (AvgIpc) is 2.82. The number of hydrogen-bond acceptors (Lipinski definition) is 4. The first-order valence-electron chi connectivity index (χ1n) is 6.32. The molecule has 2 aromatic rings. The maximum Gasteiger partial charge on any atom is 0.328 e. The molecule has 0 aromatic carbocycles. The molecule has 1 N–H and O–H groups in total. The summed E-state index contributed by atoms with van der Waals surface area (Å²) < 4.78 is 1.97. The van der Waals surface area contributed by atoms with E-state index in [9.17, 15) is 9.59 Å². The van der Waals surface area contributed by atoms with Crippen LogP contribution in [0.2, 0.25) is 0 Å². The van der Waals surface area contributed by atoms with E-state index in [-0.39, 0.29) is 11.3 Å². The maximum atomic E-state index is 11.9. The van der Waals surface area contributed by atoms with Gasteiger partial charge >= 0.3 is 6.03 Å².